The molecule has 1 N–H and O–H groups in total. The lowest BCUT2D eigenvalue weighted by Gasteiger charge is -2.42. The van der Waals surface area contributed by atoms with Crippen molar-refractivity contribution in [3.63, 3.8) is 0 Å². The molecule has 0 aliphatic carbocycles. The van der Waals surface area contributed by atoms with Crippen molar-refractivity contribution >= 4 is 8.60 Å². The Morgan fingerprint density at radius 1 is 0.610 bits per heavy atom. The highest BCUT2D eigenvalue weighted by molar-refractivity contribution is 7.40. The summed E-state index contributed by atoms with van der Waals surface area (Å²) in [5, 5.41) is 0. The number of unbranched alkanes of at least 4 members (excludes halogenated alkanes) is 1. The van der Waals surface area contributed by atoms with Crippen LogP contribution < -0.4 is 0 Å². The molecule has 0 amide bonds. The summed E-state index contributed by atoms with van der Waals surface area (Å²) in [7, 11) is -2.05. The highest BCUT2D eigenvalue weighted by Gasteiger charge is 2.44. The van der Waals surface area contributed by atoms with Crippen LogP contribution >= 0.6 is 8.60 Å². The lowest BCUT2D eigenvalue weighted by atomic mass is 9.69. The average Bonchev–Trinajstić information content (AvgIpc) is 2.83. The van der Waals surface area contributed by atoms with Crippen molar-refractivity contribution in [1.29, 1.82) is 0 Å². The van der Waals surface area contributed by atoms with E-state index in [0.29, 0.717) is 13.2 Å². The minimum atomic E-state index is -2.05. The highest BCUT2D eigenvalue weighted by Crippen LogP contribution is 2.48. The summed E-state index contributed by atoms with van der Waals surface area (Å²) in [6, 6.07) is 13.7. The van der Waals surface area contributed by atoms with E-state index >= 15 is 0 Å². The van der Waals surface area contributed by atoms with E-state index in [2.05, 4.69) is 126 Å². The predicted octanol–water partition coefficient (Wildman–Crippen LogP) is 10.2. The minimum Gasteiger partial charge on any atom is -0.363 e. The van der Waals surface area contributed by atoms with Crippen LogP contribution in [0, 0.1) is 0 Å². The van der Waals surface area contributed by atoms with Gasteiger partial charge >= 0.3 is 8.60 Å². The topological polar surface area (TPSA) is 47.9 Å². The molecule has 232 valence electrons. The smallest absolute Gasteiger partial charge is 0.329 e. The summed E-state index contributed by atoms with van der Waals surface area (Å²) in [5.74, 6) is 0. The molecule has 0 bridgehead atoms. The molecular weight excluding hydrogens is 527 g/mol. The number of ether oxygens (including phenoxy) is 1. The van der Waals surface area contributed by atoms with E-state index in [1.54, 1.807) is 0 Å². The molecule has 0 aliphatic heterocycles. The van der Waals surface area contributed by atoms with E-state index in [1.165, 1.54) is 22.3 Å². The summed E-state index contributed by atoms with van der Waals surface area (Å²) in [6.45, 7) is 32.3. The first-order chi connectivity index (χ1) is 18.7. The van der Waals surface area contributed by atoms with Crippen molar-refractivity contribution in [3.05, 3.63) is 69.8 Å². The van der Waals surface area contributed by atoms with Gasteiger partial charge in [-0.05, 0) is 68.4 Å². The lowest BCUT2D eigenvalue weighted by molar-refractivity contribution is -0.0547. The van der Waals surface area contributed by atoms with Crippen LogP contribution in [0.2, 0.25) is 0 Å². The molecule has 2 rings (SSSR count). The maximum absolute atomic E-state index is 10.7. The molecule has 0 aliphatic rings. The van der Waals surface area contributed by atoms with Crippen molar-refractivity contribution in [3.8, 4) is 0 Å². The van der Waals surface area contributed by atoms with E-state index in [-0.39, 0.29) is 28.3 Å². The molecule has 0 saturated carbocycles. The fourth-order valence-corrected chi connectivity index (χ4v) is 5.74. The largest absolute Gasteiger partial charge is 0.363 e. The third-order valence-corrected chi connectivity index (χ3v) is 8.55. The third-order valence-electron chi connectivity index (χ3n) is 7.72. The van der Waals surface area contributed by atoms with E-state index in [1.807, 2.05) is 6.92 Å². The Balaban J connectivity index is 3.09. The molecule has 5 heteroatoms. The molecule has 2 aromatic rings. The summed E-state index contributed by atoms with van der Waals surface area (Å²) in [5.41, 5.74) is 5.92. The van der Waals surface area contributed by atoms with Crippen LogP contribution in [0.3, 0.4) is 0 Å². The maximum Gasteiger partial charge on any atom is 0.329 e. The number of hydrogen-bond donors (Lipinski definition) is 1. The van der Waals surface area contributed by atoms with Gasteiger partial charge in [-0.15, -0.1) is 0 Å². The monoisotopic (exact) mass is 586 g/mol. The number of hydrogen-bond acceptors (Lipinski definition) is 4. The lowest BCUT2D eigenvalue weighted by Crippen LogP contribution is -2.41. The van der Waals surface area contributed by atoms with Gasteiger partial charge in [-0.2, -0.15) is 0 Å². The average molecular weight is 587 g/mol. The summed E-state index contributed by atoms with van der Waals surface area (Å²) in [4.78, 5) is 10.7. The Hall–Kier alpha value is -1.29. The molecule has 1 unspecified atom stereocenters. The molecule has 0 spiro atoms. The molecule has 0 aromatic heterocycles. The van der Waals surface area contributed by atoms with Gasteiger partial charge in [0.15, 0.2) is 0 Å². The van der Waals surface area contributed by atoms with Crippen molar-refractivity contribution in [2.45, 2.75) is 137 Å². The first kappa shape index (κ1) is 35.9. The van der Waals surface area contributed by atoms with Crippen molar-refractivity contribution < 1.29 is 18.7 Å². The molecule has 41 heavy (non-hydrogen) atoms. The van der Waals surface area contributed by atoms with Crippen LogP contribution in [-0.2, 0) is 41.0 Å². The molecule has 0 fully saturated rings. The molecule has 4 nitrogen and oxygen atoms in total. The predicted molar refractivity (Wildman–Crippen MR) is 176 cm³/mol. The Bertz CT molecular complexity index is 1050. The highest BCUT2D eigenvalue weighted by atomic mass is 31.2. The number of benzene rings is 2. The van der Waals surface area contributed by atoms with Crippen molar-refractivity contribution in [2.24, 2.45) is 0 Å². The first-order valence-corrected chi connectivity index (χ1v) is 16.5. The van der Waals surface area contributed by atoms with Crippen LogP contribution in [0.4, 0.5) is 0 Å². The van der Waals surface area contributed by atoms with E-state index in [0.717, 1.165) is 24.0 Å². The number of rotatable bonds is 11. The van der Waals surface area contributed by atoms with Gasteiger partial charge in [-0.1, -0.05) is 133 Å². The first-order valence-electron chi connectivity index (χ1n) is 15.4. The van der Waals surface area contributed by atoms with Gasteiger partial charge < -0.3 is 18.7 Å². The fourth-order valence-electron chi connectivity index (χ4n) is 5.15. The van der Waals surface area contributed by atoms with Gasteiger partial charge in [0.05, 0.1) is 13.2 Å². The zero-order chi connectivity index (χ0) is 31.4. The van der Waals surface area contributed by atoms with Crippen LogP contribution in [0.5, 0.6) is 0 Å². The van der Waals surface area contributed by atoms with E-state index in [4.69, 9.17) is 13.8 Å². The molecule has 2 aromatic carbocycles. The minimum absolute atomic E-state index is 0.0000704. The van der Waals surface area contributed by atoms with Gasteiger partial charge in [0, 0.05) is 6.61 Å². The van der Waals surface area contributed by atoms with Crippen molar-refractivity contribution in [1.82, 2.24) is 0 Å². The molecule has 0 saturated heterocycles. The van der Waals surface area contributed by atoms with Crippen LogP contribution in [0.15, 0.2) is 36.4 Å². The van der Waals surface area contributed by atoms with Gasteiger partial charge in [0.2, 0.25) is 0 Å². The summed E-state index contributed by atoms with van der Waals surface area (Å²) >= 11 is 0. The molecule has 0 radical (unpaired) electrons. The standard InChI is InChI=1S/C36H59O4P/c1-15-17-22-38-36(25-40-41(37)39-16-2,28-20-18-26(32(3,4)5)23-30(28)34(9,10)11)29-21-19-27(33(6,7)8)24-31(29)35(12,13)14/h18-21,23-24,37H,15-17,22,25H2,1-14H3. The molecule has 1 atom stereocenters. The van der Waals surface area contributed by atoms with E-state index < -0.39 is 14.2 Å². The Kier molecular flexibility index (Phi) is 11.9. The maximum atomic E-state index is 10.7. The zero-order valence-corrected chi connectivity index (χ0v) is 29.5. The summed E-state index contributed by atoms with van der Waals surface area (Å²) < 4.78 is 18.8. The summed E-state index contributed by atoms with van der Waals surface area (Å²) in [6.07, 6.45) is 1.95. The second-order valence-electron chi connectivity index (χ2n) is 15.5. The van der Waals surface area contributed by atoms with E-state index in [9.17, 15) is 4.89 Å². The van der Waals surface area contributed by atoms with Gasteiger partial charge in [-0.25, -0.2) is 0 Å². The van der Waals surface area contributed by atoms with Crippen molar-refractivity contribution in [2.75, 3.05) is 19.8 Å². The van der Waals surface area contributed by atoms with Crippen LogP contribution in [0.25, 0.3) is 0 Å². The van der Waals surface area contributed by atoms with Gasteiger partial charge in [-0.3, -0.25) is 0 Å². The Morgan fingerprint density at radius 2 is 1.05 bits per heavy atom. The second-order valence-corrected chi connectivity index (χ2v) is 16.5. The SMILES string of the molecule is CCCCOC(COP(O)OCC)(c1ccc(C(C)(C)C)cc1C(C)(C)C)c1ccc(C(C)(C)C)cc1C(C)(C)C. The molecule has 0 heterocycles. The Labute approximate surface area is 253 Å². The second kappa shape index (κ2) is 13.6. The van der Waals surface area contributed by atoms with Crippen LogP contribution in [-0.4, -0.2) is 24.7 Å². The van der Waals surface area contributed by atoms with Gasteiger partial charge in [0.1, 0.15) is 5.60 Å². The van der Waals surface area contributed by atoms with Crippen LogP contribution in [0.1, 0.15) is 143 Å². The zero-order valence-electron chi connectivity index (χ0n) is 28.6. The normalized spacial score (nSPS) is 14.4. The Morgan fingerprint density at radius 3 is 1.39 bits per heavy atom. The quantitative estimate of drug-likeness (QED) is 0.210. The van der Waals surface area contributed by atoms with Gasteiger partial charge in [0.25, 0.3) is 0 Å². The third kappa shape index (κ3) is 9.10. The molecular formula is C36H59O4P. The fraction of sp³-hybridized carbons (Fsp3) is 0.667.